The fourth-order valence-electron chi connectivity index (χ4n) is 0.764. The minimum atomic E-state index is -0.259. The van der Waals surface area contributed by atoms with E-state index in [4.69, 9.17) is 6.57 Å². The third-order valence-corrected chi connectivity index (χ3v) is 1.30. The molecule has 0 aromatic heterocycles. The predicted octanol–water partition coefficient (Wildman–Crippen LogP) is 2.73. The SMILES string of the molecule is C#[N+]c1ccc(F)cc1C. The van der Waals surface area contributed by atoms with Crippen LogP contribution in [0.1, 0.15) is 5.56 Å². The Balaban J connectivity index is 3.23. The lowest BCUT2D eigenvalue weighted by molar-refractivity contribution is 0.627. The van der Waals surface area contributed by atoms with Crippen LogP contribution in [-0.2, 0) is 0 Å². The Hall–Kier alpha value is -1.36. The van der Waals surface area contributed by atoms with Crippen molar-refractivity contribution in [2.24, 2.45) is 0 Å². The first kappa shape index (κ1) is 6.76. The average molecular weight is 136 g/mol. The molecule has 0 unspecified atom stereocenters. The standard InChI is InChI=1S/C8H7FN/c1-6-5-7(9)3-4-8(6)10-2/h2-5H,1H3/q+1. The molecule has 0 saturated carbocycles. The molecule has 0 amide bonds. The molecule has 0 fully saturated rings. The van der Waals surface area contributed by atoms with Crippen LogP contribution in [0.15, 0.2) is 18.2 Å². The molecule has 1 aromatic rings. The highest BCUT2D eigenvalue weighted by Gasteiger charge is 2.05. The topological polar surface area (TPSA) is 4.36 Å². The highest BCUT2D eigenvalue weighted by Crippen LogP contribution is 2.18. The molecular weight excluding hydrogens is 129 g/mol. The van der Waals surface area contributed by atoms with Gasteiger partial charge in [0.2, 0.25) is 0 Å². The number of benzene rings is 1. The quantitative estimate of drug-likeness (QED) is 0.516. The maximum absolute atomic E-state index is 12.4. The maximum atomic E-state index is 12.4. The van der Waals surface area contributed by atoms with E-state index in [1.165, 1.54) is 12.1 Å². The molecule has 0 radical (unpaired) electrons. The van der Waals surface area contributed by atoms with Gasteiger partial charge in [0.1, 0.15) is 5.82 Å². The molecule has 1 aromatic carbocycles. The second kappa shape index (κ2) is 2.49. The Kier molecular flexibility index (Phi) is 1.68. The van der Waals surface area contributed by atoms with Gasteiger partial charge in [-0.1, -0.05) is 0 Å². The van der Waals surface area contributed by atoms with Gasteiger partial charge in [-0.05, 0) is 23.9 Å². The molecule has 2 heteroatoms. The molecule has 50 valence electrons. The van der Waals surface area contributed by atoms with Crippen LogP contribution in [-0.4, -0.2) is 0 Å². The van der Waals surface area contributed by atoms with E-state index in [0.717, 1.165) is 5.56 Å². The van der Waals surface area contributed by atoms with Crippen molar-refractivity contribution in [1.29, 1.82) is 0 Å². The summed E-state index contributed by atoms with van der Waals surface area (Å²) in [5, 5.41) is 0. The van der Waals surface area contributed by atoms with Gasteiger partial charge >= 0.3 is 5.69 Å². The van der Waals surface area contributed by atoms with E-state index in [9.17, 15) is 4.39 Å². The number of hydrogen-bond acceptors (Lipinski definition) is 0. The lowest BCUT2D eigenvalue weighted by Crippen LogP contribution is -1.75. The van der Waals surface area contributed by atoms with Crippen LogP contribution in [0.4, 0.5) is 10.1 Å². The Bertz CT molecular complexity index is 286. The van der Waals surface area contributed by atoms with E-state index in [2.05, 4.69) is 4.85 Å². The van der Waals surface area contributed by atoms with Gasteiger partial charge in [-0.3, -0.25) is 0 Å². The van der Waals surface area contributed by atoms with Crippen molar-refractivity contribution in [3.05, 3.63) is 34.4 Å². The molecule has 10 heavy (non-hydrogen) atoms. The first-order valence-corrected chi connectivity index (χ1v) is 2.91. The summed E-state index contributed by atoms with van der Waals surface area (Å²) in [5.74, 6) is -0.259. The molecule has 0 heterocycles. The number of hydrogen-bond donors (Lipinski definition) is 0. The predicted molar refractivity (Wildman–Crippen MR) is 39.1 cm³/mol. The first-order chi connectivity index (χ1) is 4.74. The van der Waals surface area contributed by atoms with Crippen LogP contribution in [0.2, 0.25) is 0 Å². The molecule has 1 rings (SSSR count). The highest BCUT2D eigenvalue weighted by molar-refractivity contribution is 5.51. The van der Waals surface area contributed by atoms with Crippen LogP contribution in [0, 0.1) is 19.3 Å². The van der Waals surface area contributed by atoms with Crippen molar-refractivity contribution < 1.29 is 4.39 Å². The fraction of sp³-hybridized carbons (Fsp3) is 0.125. The van der Waals surface area contributed by atoms with Crippen molar-refractivity contribution in [3.63, 3.8) is 0 Å². The Morgan fingerprint density at radius 1 is 1.50 bits per heavy atom. The molecule has 0 atom stereocenters. The van der Waals surface area contributed by atoms with Gasteiger partial charge in [0.15, 0.2) is 0 Å². The van der Waals surface area contributed by atoms with E-state index in [1.54, 1.807) is 13.0 Å². The number of halogens is 1. The van der Waals surface area contributed by atoms with Gasteiger partial charge < -0.3 is 0 Å². The van der Waals surface area contributed by atoms with E-state index >= 15 is 0 Å². The van der Waals surface area contributed by atoms with Crippen LogP contribution < -0.4 is 0 Å². The summed E-state index contributed by atoms with van der Waals surface area (Å²) in [5.41, 5.74) is 1.38. The van der Waals surface area contributed by atoms with Gasteiger partial charge in [0.25, 0.3) is 6.57 Å². The van der Waals surface area contributed by atoms with Crippen molar-refractivity contribution in [2.75, 3.05) is 0 Å². The van der Waals surface area contributed by atoms with Crippen LogP contribution in [0.3, 0.4) is 0 Å². The number of nitrogens with zero attached hydrogens (tertiary/aromatic N) is 1. The third kappa shape index (κ3) is 1.14. The Morgan fingerprint density at radius 3 is 2.70 bits per heavy atom. The van der Waals surface area contributed by atoms with Crippen molar-refractivity contribution in [3.8, 4) is 6.57 Å². The smallest absolute Gasteiger partial charge is 0.207 e. The summed E-state index contributed by atoms with van der Waals surface area (Å²) in [6, 6.07) is 4.27. The molecule has 1 nitrogen and oxygen atoms in total. The molecule has 0 aliphatic rings. The van der Waals surface area contributed by atoms with E-state index in [0.29, 0.717) is 5.69 Å². The molecule has 0 N–H and O–H groups in total. The zero-order chi connectivity index (χ0) is 7.56. The summed E-state index contributed by atoms with van der Waals surface area (Å²) in [4.78, 5) is 3.44. The highest BCUT2D eigenvalue weighted by atomic mass is 19.1. The molecule has 0 aliphatic heterocycles. The second-order valence-electron chi connectivity index (χ2n) is 2.06. The summed E-state index contributed by atoms with van der Waals surface area (Å²) in [7, 11) is 0. The van der Waals surface area contributed by atoms with Crippen LogP contribution >= 0.6 is 0 Å². The van der Waals surface area contributed by atoms with Gasteiger partial charge in [0.05, 0.1) is 0 Å². The molecule has 0 bridgehead atoms. The number of aryl methyl sites for hydroxylation is 1. The minimum absolute atomic E-state index is 0.259. The number of rotatable bonds is 0. The average Bonchev–Trinajstić information content (AvgIpc) is 1.88. The zero-order valence-corrected chi connectivity index (χ0v) is 5.63. The van der Waals surface area contributed by atoms with E-state index in [-0.39, 0.29) is 5.82 Å². The molecular formula is C8H7FN+. The van der Waals surface area contributed by atoms with Crippen molar-refractivity contribution >= 4 is 5.69 Å². The van der Waals surface area contributed by atoms with Crippen LogP contribution in [0.25, 0.3) is 4.85 Å². The summed E-state index contributed by atoms with van der Waals surface area (Å²) in [6.45, 7) is 6.76. The minimum Gasteiger partial charge on any atom is -0.207 e. The van der Waals surface area contributed by atoms with Crippen LogP contribution in [0.5, 0.6) is 0 Å². The van der Waals surface area contributed by atoms with Gasteiger partial charge in [-0.15, -0.1) is 0 Å². The normalized spacial score (nSPS) is 8.90. The lowest BCUT2D eigenvalue weighted by Gasteiger charge is -1.87. The monoisotopic (exact) mass is 136 g/mol. The van der Waals surface area contributed by atoms with E-state index < -0.39 is 0 Å². The molecule has 0 spiro atoms. The summed E-state index contributed by atoms with van der Waals surface area (Å²) in [6.07, 6.45) is 0. The summed E-state index contributed by atoms with van der Waals surface area (Å²) < 4.78 is 12.4. The van der Waals surface area contributed by atoms with E-state index in [1.807, 2.05) is 0 Å². The molecule has 0 aliphatic carbocycles. The zero-order valence-electron chi connectivity index (χ0n) is 5.63. The van der Waals surface area contributed by atoms with Gasteiger partial charge in [-0.2, -0.15) is 0 Å². The van der Waals surface area contributed by atoms with Crippen molar-refractivity contribution in [2.45, 2.75) is 6.92 Å². The Labute approximate surface area is 58.9 Å². The lowest BCUT2D eigenvalue weighted by atomic mass is 10.2. The van der Waals surface area contributed by atoms with Gasteiger partial charge in [0, 0.05) is 11.6 Å². The second-order valence-corrected chi connectivity index (χ2v) is 2.06. The maximum Gasteiger partial charge on any atom is 0.342 e. The first-order valence-electron chi connectivity index (χ1n) is 2.91. The largest absolute Gasteiger partial charge is 0.342 e. The third-order valence-electron chi connectivity index (χ3n) is 1.30. The molecule has 0 saturated heterocycles. The fourth-order valence-corrected chi connectivity index (χ4v) is 0.764. The summed E-state index contributed by atoms with van der Waals surface area (Å²) >= 11 is 0. The van der Waals surface area contributed by atoms with Gasteiger partial charge in [-0.25, -0.2) is 4.39 Å². The Morgan fingerprint density at radius 2 is 2.20 bits per heavy atom. The van der Waals surface area contributed by atoms with Crippen molar-refractivity contribution in [1.82, 2.24) is 0 Å².